The van der Waals surface area contributed by atoms with Crippen molar-refractivity contribution in [3.8, 4) is 11.5 Å². The highest BCUT2D eigenvalue weighted by Crippen LogP contribution is 2.30. The number of hydrazine groups is 1. The highest BCUT2D eigenvalue weighted by molar-refractivity contribution is 7.98. The second-order valence-electron chi connectivity index (χ2n) is 10.6. The van der Waals surface area contributed by atoms with Crippen molar-refractivity contribution in [3.05, 3.63) is 59.2 Å². The van der Waals surface area contributed by atoms with Crippen molar-refractivity contribution in [2.75, 3.05) is 59.0 Å². The molecule has 1 aliphatic heterocycles. The molecule has 0 bridgehead atoms. The lowest BCUT2D eigenvalue weighted by Gasteiger charge is -2.26. The van der Waals surface area contributed by atoms with Gasteiger partial charge >= 0.3 is 5.91 Å². The molecule has 0 spiro atoms. The maximum absolute atomic E-state index is 12.6. The van der Waals surface area contributed by atoms with Gasteiger partial charge in [-0.3, -0.25) is 10.2 Å². The summed E-state index contributed by atoms with van der Waals surface area (Å²) in [6.07, 6.45) is 0.815. The molecule has 0 radical (unpaired) electrons. The van der Waals surface area contributed by atoms with Gasteiger partial charge in [-0.25, -0.2) is 15.0 Å². The molecular formula is C29H39N5O5S. The standard InChI is InChI=1S/C29H39N5O5S/c1-29(2,3)25-18-26(33(4)12-11-20-7-9-22(36-5)24(17-20)37-6)31-28(30-25)40-19-21-8-10-23(39-21)27(35)32-34-13-15-38-16-14-34/h7-10,17-18H,11-16,19H2,1-6H3,(H,32,35). The van der Waals surface area contributed by atoms with Crippen LogP contribution in [0.2, 0.25) is 0 Å². The molecule has 40 heavy (non-hydrogen) atoms. The number of methoxy groups -OCH3 is 2. The van der Waals surface area contributed by atoms with E-state index in [4.69, 9.17) is 28.6 Å². The fraction of sp³-hybridized carbons (Fsp3) is 0.483. The lowest BCUT2D eigenvalue weighted by Crippen LogP contribution is -2.48. The summed E-state index contributed by atoms with van der Waals surface area (Å²) in [7, 11) is 5.32. The van der Waals surface area contributed by atoms with Gasteiger partial charge in [0, 0.05) is 38.2 Å². The Bertz CT molecular complexity index is 1290. The van der Waals surface area contributed by atoms with E-state index in [1.54, 1.807) is 20.3 Å². The smallest absolute Gasteiger partial charge is 0.301 e. The molecular weight excluding hydrogens is 530 g/mol. The Hall–Kier alpha value is -3.28. The van der Waals surface area contributed by atoms with Crippen LogP contribution >= 0.6 is 11.8 Å². The van der Waals surface area contributed by atoms with Crippen LogP contribution in [0.1, 0.15) is 48.3 Å². The molecule has 1 fully saturated rings. The third-order valence-corrected chi connectivity index (χ3v) is 7.40. The molecule has 0 saturated carbocycles. The average Bonchev–Trinajstić information content (AvgIpc) is 3.44. The van der Waals surface area contributed by atoms with Crippen LogP contribution in [-0.4, -0.2) is 75.0 Å². The average molecular weight is 570 g/mol. The molecule has 1 aromatic carbocycles. The summed E-state index contributed by atoms with van der Waals surface area (Å²) in [5, 5.41) is 2.51. The molecule has 1 saturated heterocycles. The molecule has 10 nitrogen and oxygen atoms in total. The first kappa shape index (κ1) is 29.7. The lowest BCUT2D eigenvalue weighted by molar-refractivity contribution is 0.0117. The second-order valence-corrected chi connectivity index (χ2v) is 11.5. The van der Waals surface area contributed by atoms with E-state index in [1.807, 2.05) is 30.3 Å². The highest BCUT2D eigenvalue weighted by atomic mass is 32.2. The number of aromatic nitrogens is 2. The number of benzene rings is 1. The Morgan fingerprint density at radius 2 is 1.82 bits per heavy atom. The van der Waals surface area contributed by atoms with Crippen LogP contribution < -0.4 is 19.8 Å². The van der Waals surface area contributed by atoms with Crippen LogP contribution in [0.15, 0.2) is 46.0 Å². The van der Waals surface area contributed by atoms with Gasteiger partial charge < -0.3 is 23.5 Å². The number of likely N-dealkylation sites (N-methyl/N-ethyl adjacent to an activating group) is 1. The van der Waals surface area contributed by atoms with Crippen molar-refractivity contribution in [1.82, 2.24) is 20.4 Å². The zero-order valence-electron chi connectivity index (χ0n) is 24.2. The number of carbonyl (C=O) groups is 1. The predicted molar refractivity (Wildman–Crippen MR) is 155 cm³/mol. The number of furan rings is 1. The molecule has 0 unspecified atom stereocenters. The number of ether oxygens (including phenoxy) is 3. The summed E-state index contributed by atoms with van der Waals surface area (Å²) >= 11 is 1.49. The molecule has 3 aromatic rings. The Labute approximate surface area is 240 Å². The van der Waals surface area contributed by atoms with Crippen LogP contribution in [0.3, 0.4) is 0 Å². The van der Waals surface area contributed by atoms with Crippen molar-refractivity contribution < 1.29 is 23.4 Å². The number of amides is 1. The number of anilines is 1. The molecule has 0 aliphatic carbocycles. The third-order valence-electron chi connectivity index (χ3n) is 6.54. The van der Waals surface area contributed by atoms with E-state index < -0.39 is 0 Å². The molecule has 2 aromatic heterocycles. The number of hydrogen-bond acceptors (Lipinski definition) is 10. The summed E-state index contributed by atoms with van der Waals surface area (Å²) in [6.45, 7) is 9.70. The van der Waals surface area contributed by atoms with Gasteiger partial charge in [-0.2, -0.15) is 0 Å². The Morgan fingerprint density at radius 1 is 1.07 bits per heavy atom. The number of rotatable bonds is 11. The quantitative estimate of drug-likeness (QED) is 0.265. The highest BCUT2D eigenvalue weighted by Gasteiger charge is 2.21. The minimum Gasteiger partial charge on any atom is -0.493 e. The predicted octanol–water partition coefficient (Wildman–Crippen LogP) is 4.33. The van der Waals surface area contributed by atoms with Gasteiger partial charge in [0.15, 0.2) is 22.4 Å². The first-order chi connectivity index (χ1) is 19.2. The number of morpholine rings is 1. The van der Waals surface area contributed by atoms with Gasteiger partial charge in [-0.1, -0.05) is 38.6 Å². The number of carbonyl (C=O) groups excluding carboxylic acids is 1. The van der Waals surface area contributed by atoms with Gasteiger partial charge in [-0.15, -0.1) is 0 Å². The zero-order chi connectivity index (χ0) is 28.7. The molecule has 1 amide bonds. The Balaban J connectivity index is 1.41. The van der Waals surface area contributed by atoms with Gasteiger partial charge in [0.05, 0.1) is 38.9 Å². The van der Waals surface area contributed by atoms with Crippen molar-refractivity contribution >= 4 is 23.5 Å². The van der Waals surface area contributed by atoms with Gasteiger partial charge in [0.25, 0.3) is 0 Å². The van der Waals surface area contributed by atoms with Crippen molar-refractivity contribution in [2.24, 2.45) is 0 Å². The van der Waals surface area contributed by atoms with E-state index in [0.717, 1.165) is 35.8 Å². The minimum absolute atomic E-state index is 0.146. The summed E-state index contributed by atoms with van der Waals surface area (Å²) < 4.78 is 22.0. The van der Waals surface area contributed by atoms with Crippen LogP contribution in [0, 0.1) is 0 Å². The van der Waals surface area contributed by atoms with E-state index in [2.05, 4.69) is 43.2 Å². The topological polar surface area (TPSA) is 102 Å². The molecule has 216 valence electrons. The van der Waals surface area contributed by atoms with E-state index in [1.165, 1.54) is 11.8 Å². The minimum atomic E-state index is -0.262. The summed E-state index contributed by atoms with van der Waals surface area (Å²) in [5.41, 5.74) is 4.84. The zero-order valence-corrected chi connectivity index (χ0v) is 25.0. The molecule has 1 N–H and O–H groups in total. The van der Waals surface area contributed by atoms with Gasteiger partial charge in [-0.05, 0) is 36.2 Å². The number of thioether (sulfide) groups is 1. The van der Waals surface area contributed by atoms with Gasteiger partial charge in [0.2, 0.25) is 0 Å². The lowest BCUT2D eigenvalue weighted by atomic mass is 9.92. The van der Waals surface area contributed by atoms with E-state index in [0.29, 0.717) is 48.7 Å². The van der Waals surface area contributed by atoms with Crippen LogP contribution in [0.4, 0.5) is 5.82 Å². The fourth-order valence-corrected chi connectivity index (χ4v) is 4.84. The summed E-state index contributed by atoms with van der Waals surface area (Å²) in [4.78, 5) is 24.4. The van der Waals surface area contributed by atoms with E-state index in [-0.39, 0.29) is 17.1 Å². The molecule has 0 atom stereocenters. The number of hydrogen-bond donors (Lipinski definition) is 1. The first-order valence-corrected chi connectivity index (χ1v) is 14.3. The number of nitrogens with zero attached hydrogens (tertiary/aromatic N) is 4. The maximum Gasteiger partial charge on any atom is 0.301 e. The Morgan fingerprint density at radius 3 is 2.52 bits per heavy atom. The van der Waals surface area contributed by atoms with Crippen molar-refractivity contribution in [2.45, 2.75) is 43.5 Å². The SMILES string of the molecule is COc1ccc(CCN(C)c2cc(C(C)(C)C)nc(SCc3ccc(C(=O)NN4CCOCC4)o3)n2)cc1OC. The van der Waals surface area contributed by atoms with Crippen LogP contribution in [0.5, 0.6) is 11.5 Å². The van der Waals surface area contributed by atoms with Crippen molar-refractivity contribution in [1.29, 1.82) is 0 Å². The fourth-order valence-electron chi connectivity index (χ4n) is 4.09. The maximum atomic E-state index is 12.6. The second kappa shape index (κ2) is 13.4. The summed E-state index contributed by atoms with van der Waals surface area (Å²) in [6, 6.07) is 11.6. The first-order valence-electron chi connectivity index (χ1n) is 13.3. The number of nitrogens with one attached hydrogen (secondary N) is 1. The normalized spacial score (nSPS) is 14.2. The Kier molecular flexibility index (Phi) is 9.94. The van der Waals surface area contributed by atoms with Crippen molar-refractivity contribution in [3.63, 3.8) is 0 Å². The molecule has 3 heterocycles. The van der Waals surface area contributed by atoms with E-state index >= 15 is 0 Å². The largest absolute Gasteiger partial charge is 0.493 e. The monoisotopic (exact) mass is 569 g/mol. The molecule has 1 aliphatic rings. The summed E-state index contributed by atoms with van der Waals surface area (Å²) in [5.74, 6) is 3.50. The third kappa shape index (κ3) is 7.89. The molecule has 11 heteroatoms. The molecule has 4 rings (SSSR count). The van der Waals surface area contributed by atoms with Crippen LogP contribution in [0.25, 0.3) is 0 Å². The van der Waals surface area contributed by atoms with E-state index in [9.17, 15) is 4.79 Å². The van der Waals surface area contributed by atoms with Crippen LogP contribution in [-0.2, 0) is 22.3 Å². The van der Waals surface area contributed by atoms with Gasteiger partial charge in [0.1, 0.15) is 11.6 Å².